The Bertz CT molecular complexity index is 2860. The maximum atomic E-state index is 15.7. The van der Waals surface area contributed by atoms with Gasteiger partial charge in [0.15, 0.2) is 11.6 Å². The van der Waals surface area contributed by atoms with Crippen LogP contribution in [0.3, 0.4) is 0 Å². The lowest BCUT2D eigenvalue weighted by atomic mass is 9.98. The van der Waals surface area contributed by atoms with Crippen LogP contribution in [0.2, 0.25) is 0 Å². The highest BCUT2D eigenvalue weighted by Crippen LogP contribution is 2.41. The Morgan fingerprint density at radius 2 is 0.986 bits per heavy atom. The molecule has 392 valence electrons. The van der Waals surface area contributed by atoms with Gasteiger partial charge in [-0.3, -0.25) is 19.7 Å². The summed E-state index contributed by atoms with van der Waals surface area (Å²) in [6.45, 7) is 12.0. The molecule has 2 aliphatic rings. The fraction of sp³-hybridized carbons (Fsp3) is 0.455. The monoisotopic (exact) mass is 1050 g/mol. The zero-order valence-corrected chi connectivity index (χ0v) is 42.2. The van der Waals surface area contributed by atoms with E-state index in [1.54, 1.807) is 53.7 Å². The molecule has 4 aromatic heterocycles. The SMILES string of the molecule is CCNC(=O)Nc1nc2c([C@H]3CCCO3)c(F)c(-c3cnc(C(C)(C)O)nc3)cc2[nH]1.CCNC(=O)Nc1nc2c([C@H]3CCCO3)c(F)c(-c3cnc(C(C)(C)O)nc3)cc2[nH]1.CS(=O)(=O)O.CS(=O)(=O)O. The molecule has 4 amide bonds. The molecule has 6 heterocycles. The standard InChI is InChI=1S/2C21H25FN6O3.2CH4O3S/c2*1-4-23-20(29)28-19-26-13-8-12(11-9-24-18(25-10-11)21(2,3)30)16(22)15(17(13)27-19)14-6-5-7-31-14;2*1-5(2,3)4/h2*8-10,14,30H,4-7H2,1-3H3,(H3,23,26,27,28,29);2*1H3,(H,2,3,4)/t2*14-;;/m11../s1. The zero-order valence-electron chi connectivity index (χ0n) is 40.6. The van der Waals surface area contributed by atoms with Gasteiger partial charge >= 0.3 is 12.1 Å². The number of urea groups is 2. The normalized spacial score (nSPS) is 15.9. The van der Waals surface area contributed by atoms with Gasteiger partial charge < -0.3 is 40.3 Å². The van der Waals surface area contributed by atoms with Crippen molar-refractivity contribution in [3.8, 4) is 22.3 Å². The number of halogens is 2. The highest BCUT2D eigenvalue weighted by Gasteiger charge is 2.31. The molecule has 72 heavy (non-hydrogen) atoms. The van der Waals surface area contributed by atoms with Gasteiger partial charge in [-0.2, -0.15) is 16.8 Å². The molecule has 2 aliphatic heterocycles. The predicted octanol–water partition coefficient (Wildman–Crippen LogP) is 5.77. The second kappa shape index (κ2) is 23.4. The second-order valence-corrected chi connectivity index (χ2v) is 20.3. The molecule has 0 radical (unpaired) electrons. The van der Waals surface area contributed by atoms with Crippen molar-refractivity contribution in [3.63, 3.8) is 0 Å². The molecule has 6 aromatic rings. The number of imidazole rings is 2. The van der Waals surface area contributed by atoms with Crippen LogP contribution in [0, 0.1) is 11.6 Å². The number of hydrogen-bond acceptors (Lipinski definition) is 16. The maximum absolute atomic E-state index is 15.7. The summed E-state index contributed by atoms with van der Waals surface area (Å²) in [4.78, 5) is 55.4. The molecule has 0 aliphatic carbocycles. The van der Waals surface area contributed by atoms with Gasteiger partial charge in [0.1, 0.15) is 22.8 Å². The van der Waals surface area contributed by atoms with E-state index in [9.17, 15) is 36.6 Å². The average molecular weight is 1050 g/mol. The molecule has 24 nitrogen and oxygen atoms in total. The Labute approximate surface area is 413 Å². The molecular weight excluding hydrogens is 991 g/mol. The van der Waals surface area contributed by atoms with Crippen LogP contribution in [0.5, 0.6) is 0 Å². The zero-order chi connectivity index (χ0) is 53.3. The van der Waals surface area contributed by atoms with E-state index in [0.717, 1.165) is 12.8 Å². The molecule has 2 aromatic carbocycles. The number of benzene rings is 2. The van der Waals surface area contributed by atoms with Crippen molar-refractivity contribution in [1.82, 2.24) is 50.5 Å². The minimum atomic E-state index is -3.67. The van der Waals surface area contributed by atoms with Gasteiger partial charge in [0.05, 0.1) is 46.8 Å². The Balaban J connectivity index is 0.000000225. The summed E-state index contributed by atoms with van der Waals surface area (Å²) in [7, 11) is -7.33. The highest BCUT2D eigenvalue weighted by atomic mass is 32.2. The van der Waals surface area contributed by atoms with E-state index in [0.29, 0.717) is 96.0 Å². The molecule has 2 saturated heterocycles. The third-order valence-corrected chi connectivity index (χ3v) is 10.2. The highest BCUT2D eigenvalue weighted by molar-refractivity contribution is 7.85. The molecule has 2 fully saturated rings. The number of amides is 4. The second-order valence-electron chi connectivity index (χ2n) is 17.4. The average Bonchev–Trinajstić information content (AvgIpc) is 4.11. The number of nitrogens with one attached hydrogen (secondary N) is 6. The first-order valence-corrected chi connectivity index (χ1v) is 26.0. The summed E-state index contributed by atoms with van der Waals surface area (Å²) >= 11 is 0. The van der Waals surface area contributed by atoms with Crippen molar-refractivity contribution in [1.29, 1.82) is 0 Å². The number of aliphatic hydroxyl groups is 2. The number of aromatic nitrogens is 8. The van der Waals surface area contributed by atoms with Crippen molar-refractivity contribution in [2.75, 3.05) is 49.4 Å². The number of fused-ring (bicyclic) bond motifs is 2. The summed E-state index contributed by atoms with van der Waals surface area (Å²) in [6.07, 6.45) is 9.50. The van der Waals surface area contributed by atoms with Gasteiger partial charge in [-0.25, -0.2) is 48.3 Å². The fourth-order valence-electron chi connectivity index (χ4n) is 7.23. The first-order valence-electron chi connectivity index (χ1n) is 22.3. The van der Waals surface area contributed by atoms with E-state index in [1.807, 2.05) is 0 Å². The third kappa shape index (κ3) is 15.8. The summed E-state index contributed by atoms with van der Waals surface area (Å²) in [5.41, 5.74) is 1.71. The van der Waals surface area contributed by atoms with Crippen LogP contribution in [0.25, 0.3) is 44.3 Å². The Morgan fingerprint density at radius 1 is 0.667 bits per heavy atom. The van der Waals surface area contributed by atoms with Crippen LogP contribution in [-0.2, 0) is 40.9 Å². The van der Waals surface area contributed by atoms with Gasteiger partial charge in [0.25, 0.3) is 20.2 Å². The number of anilines is 2. The molecule has 0 unspecified atom stereocenters. The molecule has 0 saturated carbocycles. The van der Waals surface area contributed by atoms with Gasteiger partial charge in [-0.15, -0.1) is 0 Å². The molecular formula is C44H58F2N12O12S2. The minimum Gasteiger partial charge on any atom is -0.382 e. The topological polar surface area (TPSA) is 359 Å². The molecule has 0 bridgehead atoms. The Kier molecular flexibility index (Phi) is 18.4. The Morgan fingerprint density at radius 3 is 1.25 bits per heavy atom. The van der Waals surface area contributed by atoms with Crippen molar-refractivity contribution < 1.29 is 64.0 Å². The lowest BCUT2D eigenvalue weighted by molar-refractivity contribution is 0.0682. The first kappa shape index (κ1) is 56.5. The predicted molar refractivity (Wildman–Crippen MR) is 261 cm³/mol. The van der Waals surface area contributed by atoms with Crippen LogP contribution in [0.4, 0.5) is 30.3 Å². The van der Waals surface area contributed by atoms with Gasteiger partial charge in [0.2, 0.25) is 11.9 Å². The first-order chi connectivity index (χ1) is 33.5. The number of carbonyl (C=O) groups is 2. The largest absolute Gasteiger partial charge is 0.382 e. The van der Waals surface area contributed by atoms with E-state index >= 15 is 8.78 Å². The summed E-state index contributed by atoms with van der Waals surface area (Å²) in [5, 5.41) is 30.7. The van der Waals surface area contributed by atoms with E-state index in [4.69, 9.17) is 18.6 Å². The lowest BCUT2D eigenvalue weighted by Crippen LogP contribution is -2.28. The number of carbonyl (C=O) groups excluding carboxylic acids is 2. The van der Waals surface area contributed by atoms with Crippen molar-refractivity contribution in [3.05, 3.63) is 71.3 Å². The van der Waals surface area contributed by atoms with Crippen LogP contribution >= 0.6 is 0 Å². The molecule has 28 heteroatoms. The summed E-state index contributed by atoms with van der Waals surface area (Å²) < 4.78 is 94.7. The molecule has 2 atom stereocenters. The van der Waals surface area contributed by atoms with Crippen molar-refractivity contribution in [2.45, 2.75) is 90.6 Å². The van der Waals surface area contributed by atoms with Crippen LogP contribution in [0.1, 0.15) is 102 Å². The van der Waals surface area contributed by atoms with E-state index in [-0.39, 0.29) is 34.7 Å². The smallest absolute Gasteiger partial charge is 0.321 e. The van der Waals surface area contributed by atoms with Crippen LogP contribution < -0.4 is 21.3 Å². The number of H-pyrrole nitrogens is 2. The lowest BCUT2D eigenvalue weighted by Gasteiger charge is -2.17. The summed E-state index contributed by atoms with van der Waals surface area (Å²) in [5.74, 6) is -0.0139. The number of ether oxygens (including phenoxy) is 2. The van der Waals surface area contributed by atoms with Crippen LogP contribution in [-0.4, -0.2) is 127 Å². The fourth-order valence-corrected chi connectivity index (χ4v) is 7.23. The summed E-state index contributed by atoms with van der Waals surface area (Å²) in [6, 6.07) is 2.41. The number of hydrogen-bond donors (Lipinski definition) is 10. The minimum absolute atomic E-state index is 0.213. The number of nitrogens with zero attached hydrogens (tertiary/aromatic N) is 6. The molecule has 8 rings (SSSR count). The number of aromatic amines is 2. The Hall–Kier alpha value is -6.40. The van der Waals surface area contributed by atoms with Crippen molar-refractivity contribution in [2.24, 2.45) is 0 Å². The van der Waals surface area contributed by atoms with Gasteiger partial charge in [-0.1, -0.05) is 0 Å². The van der Waals surface area contributed by atoms with Gasteiger partial charge in [0, 0.05) is 84.5 Å². The van der Waals surface area contributed by atoms with Crippen molar-refractivity contribution >= 4 is 66.3 Å². The van der Waals surface area contributed by atoms with E-state index < -0.39 is 67.3 Å². The van der Waals surface area contributed by atoms with E-state index in [1.165, 1.54) is 24.8 Å². The molecule has 10 N–H and O–H groups in total. The van der Waals surface area contributed by atoms with E-state index in [2.05, 4.69) is 61.1 Å². The van der Waals surface area contributed by atoms with Gasteiger partial charge in [-0.05, 0) is 79.4 Å². The number of rotatable bonds is 10. The van der Waals surface area contributed by atoms with Crippen LogP contribution in [0.15, 0.2) is 36.9 Å². The maximum Gasteiger partial charge on any atom is 0.321 e. The third-order valence-electron chi connectivity index (χ3n) is 10.2. The molecule has 0 spiro atoms. The quantitative estimate of drug-likeness (QED) is 0.0728.